The van der Waals surface area contributed by atoms with Crippen molar-refractivity contribution in [3.8, 4) is 0 Å². The molecule has 0 radical (unpaired) electrons. The second-order valence-corrected chi connectivity index (χ2v) is 6.19. The van der Waals surface area contributed by atoms with Crippen molar-refractivity contribution in [3.63, 3.8) is 0 Å². The van der Waals surface area contributed by atoms with Crippen molar-refractivity contribution < 1.29 is 4.79 Å². The Hall–Kier alpha value is -2.33. The Bertz CT molecular complexity index is 771. The van der Waals surface area contributed by atoms with Gasteiger partial charge in [-0.05, 0) is 17.0 Å². The summed E-state index contributed by atoms with van der Waals surface area (Å²) < 4.78 is 0.774. The molecule has 22 heavy (non-hydrogen) atoms. The summed E-state index contributed by atoms with van der Waals surface area (Å²) >= 11 is 2.76. The molecule has 1 amide bonds. The van der Waals surface area contributed by atoms with Crippen LogP contribution in [0.4, 0.5) is 5.13 Å². The number of tetrazole rings is 1. The fourth-order valence-electron chi connectivity index (χ4n) is 1.64. The van der Waals surface area contributed by atoms with Gasteiger partial charge in [0.2, 0.25) is 5.13 Å². The number of thioether (sulfide) groups is 1. The Balaban J connectivity index is 1.66. The smallest absolute Gasteiger partial charge is 0.293 e. The first kappa shape index (κ1) is 14.6. The summed E-state index contributed by atoms with van der Waals surface area (Å²) in [5, 5.41) is 22.5. The molecule has 0 bridgehead atoms. The molecule has 2 aromatic heterocycles. The van der Waals surface area contributed by atoms with Gasteiger partial charge in [-0.15, -0.1) is 20.4 Å². The van der Waals surface area contributed by atoms with E-state index in [2.05, 4.69) is 30.9 Å². The van der Waals surface area contributed by atoms with Gasteiger partial charge >= 0.3 is 0 Å². The first-order chi connectivity index (χ1) is 10.7. The molecular weight excluding hydrogens is 322 g/mol. The van der Waals surface area contributed by atoms with Gasteiger partial charge < -0.3 is 0 Å². The summed E-state index contributed by atoms with van der Waals surface area (Å²) in [4.78, 5) is 13.4. The number of nitrogens with one attached hydrogen (secondary N) is 1. The molecular formula is C12H11N7OS2. The van der Waals surface area contributed by atoms with Crippen LogP contribution in [0.1, 0.15) is 16.2 Å². The van der Waals surface area contributed by atoms with Crippen molar-refractivity contribution in [3.05, 3.63) is 41.7 Å². The van der Waals surface area contributed by atoms with E-state index in [0.29, 0.717) is 11.7 Å². The summed E-state index contributed by atoms with van der Waals surface area (Å²) in [7, 11) is 0. The third-order valence-electron chi connectivity index (χ3n) is 2.62. The molecule has 0 atom stereocenters. The first-order valence-electron chi connectivity index (χ1n) is 6.25. The zero-order chi connectivity index (χ0) is 15.4. The predicted molar refractivity (Wildman–Crippen MR) is 83.0 cm³/mol. The van der Waals surface area contributed by atoms with Crippen LogP contribution in [-0.4, -0.2) is 42.6 Å². The number of anilines is 1. The van der Waals surface area contributed by atoms with E-state index in [1.54, 1.807) is 0 Å². The predicted octanol–water partition coefficient (Wildman–Crippen LogP) is 1.55. The SMILES string of the molecule is CSc1nnc(NC(=O)c2nnn(Cc3ccccc3)n2)s1. The van der Waals surface area contributed by atoms with Crippen LogP contribution in [0.3, 0.4) is 0 Å². The van der Waals surface area contributed by atoms with Crippen LogP contribution in [0.2, 0.25) is 0 Å². The molecule has 0 aliphatic heterocycles. The van der Waals surface area contributed by atoms with E-state index >= 15 is 0 Å². The first-order valence-corrected chi connectivity index (χ1v) is 8.29. The van der Waals surface area contributed by atoms with Crippen molar-refractivity contribution in [2.45, 2.75) is 10.9 Å². The zero-order valence-corrected chi connectivity index (χ0v) is 13.1. The molecule has 0 aliphatic carbocycles. The van der Waals surface area contributed by atoms with Gasteiger partial charge in [-0.25, -0.2) is 0 Å². The maximum Gasteiger partial charge on any atom is 0.299 e. The van der Waals surface area contributed by atoms with E-state index in [1.165, 1.54) is 27.9 Å². The molecule has 10 heteroatoms. The minimum atomic E-state index is -0.455. The number of rotatable bonds is 5. The van der Waals surface area contributed by atoms with Gasteiger partial charge in [0.25, 0.3) is 11.7 Å². The van der Waals surface area contributed by atoms with Crippen molar-refractivity contribution in [1.82, 2.24) is 30.4 Å². The number of benzene rings is 1. The van der Waals surface area contributed by atoms with Gasteiger partial charge in [-0.2, -0.15) is 4.80 Å². The monoisotopic (exact) mass is 333 g/mol. The van der Waals surface area contributed by atoms with Crippen LogP contribution in [0, 0.1) is 0 Å². The average Bonchev–Trinajstić information content (AvgIpc) is 3.17. The summed E-state index contributed by atoms with van der Waals surface area (Å²) in [5.74, 6) is -0.458. The van der Waals surface area contributed by atoms with E-state index in [1.807, 2.05) is 36.6 Å². The lowest BCUT2D eigenvalue weighted by atomic mass is 10.2. The molecule has 8 nitrogen and oxygen atoms in total. The van der Waals surface area contributed by atoms with Gasteiger partial charge in [0.1, 0.15) is 0 Å². The molecule has 0 unspecified atom stereocenters. The number of aromatic nitrogens is 6. The van der Waals surface area contributed by atoms with Crippen molar-refractivity contribution >= 4 is 34.1 Å². The lowest BCUT2D eigenvalue weighted by Crippen LogP contribution is -2.14. The topological polar surface area (TPSA) is 98.5 Å². The van der Waals surface area contributed by atoms with Gasteiger partial charge in [-0.1, -0.05) is 53.4 Å². The third kappa shape index (κ3) is 3.46. The molecule has 0 fully saturated rings. The minimum Gasteiger partial charge on any atom is -0.293 e. The van der Waals surface area contributed by atoms with Gasteiger partial charge in [-0.3, -0.25) is 10.1 Å². The fourth-order valence-corrected chi connectivity index (χ4v) is 2.81. The lowest BCUT2D eigenvalue weighted by Gasteiger charge is -1.98. The number of nitrogens with zero attached hydrogens (tertiary/aromatic N) is 6. The summed E-state index contributed by atoms with van der Waals surface area (Å²) in [6.45, 7) is 0.455. The van der Waals surface area contributed by atoms with Crippen LogP contribution in [-0.2, 0) is 6.54 Å². The van der Waals surface area contributed by atoms with E-state index in [-0.39, 0.29) is 5.82 Å². The Morgan fingerprint density at radius 1 is 1.27 bits per heavy atom. The lowest BCUT2D eigenvalue weighted by molar-refractivity contribution is 0.101. The molecule has 3 aromatic rings. The molecule has 3 rings (SSSR count). The number of carbonyl (C=O) groups is 1. The highest BCUT2D eigenvalue weighted by molar-refractivity contribution is 8.00. The van der Waals surface area contributed by atoms with E-state index in [9.17, 15) is 4.79 Å². The van der Waals surface area contributed by atoms with Crippen LogP contribution in [0.5, 0.6) is 0 Å². The summed E-state index contributed by atoms with van der Waals surface area (Å²) in [6.07, 6.45) is 1.89. The van der Waals surface area contributed by atoms with Crippen LogP contribution in [0.15, 0.2) is 34.7 Å². The fraction of sp³-hybridized carbons (Fsp3) is 0.167. The van der Waals surface area contributed by atoms with Crippen LogP contribution >= 0.6 is 23.1 Å². The standard InChI is InChI=1S/C12H11N7OS2/c1-21-12-16-15-11(22-12)13-10(20)9-14-18-19(17-9)7-8-5-3-2-4-6-8/h2-6H,7H2,1H3,(H,13,15,20). The Morgan fingerprint density at radius 3 is 2.82 bits per heavy atom. The molecule has 1 aromatic carbocycles. The molecule has 0 saturated heterocycles. The third-order valence-corrected chi connectivity index (χ3v) is 4.44. The van der Waals surface area contributed by atoms with Crippen molar-refractivity contribution in [2.75, 3.05) is 11.6 Å². The maximum atomic E-state index is 12.0. The van der Waals surface area contributed by atoms with Gasteiger partial charge in [0, 0.05) is 0 Å². The zero-order valence-electron chi connectivity index (χ0n) is 11.5. The normalized spacial score (nSPS) is 10.6. The number of amides is 1. The van der Waals surface area contributed by atoms with Crippen LogP contribution < -0.4 is 5.32 Å². The average molecular weight is 333 g/mol. The maximum absolute atomic E-state index is 12.0. The molecule has 2 heterocycles. The molecule has 1 N–H and O–H groups in total. The molecule has 0 aliphatic rings. The van der Waals surface area contributed by atoms with Gasteiger partial charge in [0.15, 0.2) is 4.34 Å². The Kier molecular flexibility index (Phi) is 4.39. The highest BCUT2D eigenvalue weighted by Gasteiger charge is 2.15. The highest BCUT2D eigenvalue weighted by atomic mass is 32.2. The Morgan fingerprint density at radius 2 is 2.09 bits per heavy atom. The van der Waals surface area contributed by atoms with Crippen molar-refractivity contribution in [2.24, 2.45) is 0 Å². The Labute approximate surface area is 134 Å². The van der Waals surface area contributed by atoms with Gasteiger partial charge in [0.05, 0.1) is 6.54 Å². The number of hydrogen-bond donors (Lipinski definition) is 1. The van der Waals surface area contributed by atoms with E-state index in [0.717, 1.165) is 9.90 Å². The summed E-state index contributed by atoms with van der Waals surface area (Å²) in [5.41, 5.74) is 1.03. The quantitative estimate of drug-likeness (QED) is 0.558. The largest absolute Gasteiger partial charge is 0.299 e. The number of carbonyl (C=O) groups excluding carboxylic acids is 1. The molecule has 112 valence electrons. The second kappa shape index (κ2) is 6.62. The minimum absolute atomic E-state index is 0.00293. The van der Waals surface area contributed by atoms with Crippen molar-refractivity contribution in [1.29, 1.82) is 0 Å². The van der Waals surface area contributed by atoms with E-state index in [4.69, 9.17) is 0 Å². The summed E-state index contributed by atoms with van der Waals surface area (Å²) in [6, 6.07) is 9.70. The molecule has 0 spiro atoms. The van der Waals surface area contributed by atoms with E-state index < -0.39 is 5.91 Å². The highest BCUT2D eigenvalue weighted by Crippen LogP contribution is 2.23. The second-order valence-electron chi connectivity index (χ2n) is 4.16. The number of hydrogen-bond acceptors (Lipinski definition) is 8. The van der Waals surface area contributed by atoms with Crippen LogP contribution in [0.25, 0.3) is 0 Å². The molecule has 0 saturated carbocycles.